The first kappa shape index (κ1) is 11.6. The molecule has 6 heteroatoms. The van der Waals surface area contributed by atoms with Gasteiger partial charge < -0.3 is 5.73 Å². The minimum atomic E-state index is -3.37. The molecule has 0 aromatic carbocycles. The zero-order valence-corrected chi connectivity index (χ0v) is 9.78. The van der Waals surface area contributed by atoms with Crippen molar-refractivity contribution in [3.05, 3.63) is 17.0 Å². The van der Waals surface area contributed by atoms with Gasteiger partial charge in [0.05, 0.1) is 0 Å². The van der Waals surface area contributed by atoms with Crippen LogP contribution in [-0.2, 0) is 10.0 Å². The Kier molecular flexibility index (Phi) is 3.65. The van der Waals surface area contributed by atoms with E-state index in [1.807, 2.05) is 0 Å². The van der Waals surface area contributed by atoms with Crippen LogP contribution >= 0.6 is 11.3 Å². The standard InChI is InChI=1S/C8H14N2O2S2/c1-6-3-4-13-8(6)14(11,12)10-7(2)5-9/h3-4,7,10H,5,9H2,1-2H3/t7-/m0/s1. The molecule has 3 N–H and O–H groups in total. The lowest BCUT2D eigenvalue weighted by Gasteiger charge is -2.10. The van der Waals surface area contributed by atoms with E-state index < -0.39 is 10.0 Å². The number of aryl methyl sites for hydroxylation is 1. The predicted molar refractivity (Wildman–Crippen MR) is 57.9 cm³/mol. The number of sulfonamides is 1. The fraction of sp³-hybridized carbons (Fsp3) is 0.500. The van der Waals surface area contributed by atoms with Gasteiger partial charge in [-0.3, -0.25) is 0 Å². The van der Waals surface area contributed by atoms with Crippen molar-refractivity contribution < 1.29 is 8.42 Å². The summed E-state index contributed by atoms with van der Waals surface area (Å²) >= 11 is 1.22. The maximum Gasteiger partial charge on any atom is 0.250 e. The number of hydrogen-bond acceptors (Lipinski definition) is 4. The van der Waals surface area contributed by atoms with Crippen molar-refractivity contribution in [1.29, 1.82) is 0 Å². The highest BCUT2D eigenvalue weighted by Gasteiger charge is 2.19. The minimum absolute atomic E-state index is 0.235. The quantitative estimate of drug-likeness (QED) is 0.804. The smallest absolute Gasteiger partial charge is 0.250 e. The fourth-order valence-electron chi connectivity index (χ4n) is 1.00. The minimum Gasteiger partial charge on any atom is -0.329 e. The second-order valence-corrected chi connectivity index (χ2v) is 5.97. The van der Waals surface area contributed by atoms with Gasteiger partial charge in [0.25, 0.3) is 10.0 Å². The van der Waals surface area contributed by atoms with E-state index in [9.17, 15) is 8.42 Å². The van der Waals surface area contributed by atoms with E-state index in [2.05, 4.69) is 4.72 Å². The van der Waals surface area contributed by atoms with Gasteiger partial charge in [0.15, 0.2) is 0 Å². The number of nitrogens with two attached hydrogens (primary N) is 1. The molecule has 0 aliphatic carbocycles. The lowest BCUT2D eigenvalue weighted by molar-refractivity contribution is 0.564. The molecular weight excluding hydrogens is 220 g/mol. The van der Waals surface area contributed by atoms with E-state index in [1.165, 1.54) is 11.3 Å². The van der Waals surface area contributed by atoms with Gasteiger partial charge in [-0.1, -0.05) is 0 Å². The summed E-state index contributed by atoms with van der Waals surface area (Å²) < 4.78 is 26.3. The van der Waals surface area contributed by atoms with Crippen LogP contribution in [0.1, 0.15) is 12.5 Å². The third-order valence-corrected chi connectivity index (χ3v) is 5.05. The van der Waals surface area contributed by atoms with E-state index in [0.29, 0.717) is 10.8 Å². The highest BCUT2D eigenvalue weighted by Crippen LogP contribution is 2.21. The highest BCUT2D eigenvalue weighted by molar-refractivity contribution is 7.91. The van der Waals surface area contributed by atoms with E-state index >= 15 is 0 Å². The molecule has 0 aliphatic rings. The monoisotopic (exact) mass is 234 g/mol. The van der Waals surface area contributed by atoms with Gasteiger partial charge in [0.1, 0.15) is 4.21 Å². The maximum atomic E-state index is 11.7. The topological polar surface area (TPSA) is 72.2 Å². The highest BCUT2D eigenvalue weighted by atomic mass is 32.2. The third-order valence-electron chi connectivity index (χ3n) is 1.77. The molecule has 0 bridgehead atoms. The van der Waals surface area contributed by atoms with E-state index in [0.717, 1.165) is 5.56 Å². The molecule has 0 aliphatic heterocycles. The first-order valence-corrected chi connectivity index (χ1v) is 6.60. The van der Waals surface area contributed by atoms with Crippen molar-refractivity contribution in [2.75, 3.05) is 6.54 Å². The van der Waals surface area contributed by atoms with Crippen LogP contribution in [0.15, 0.2) is 15.7 Å². The van der Waals surface area contributed by atoms with Crippen LogP contribution in [0.25, 0.3) is 0 Å². The van der Waals surface area contributed by atoms with Crippen molar-refractivity contribution in [1.82, 2.24) is 4.72 Å². The second kappa shape index (κ2) is 4.39. The first-order valence-electron chi connectivity index (χ1n) is 4.24. The molecule has 0 saturated heterocycles. The molecule has 0 unspecified atom stereocenters. The lowest BCUT2D eigenvalue weighted by atomic mass is 10.4. The summed E-state index contributed by atoms with van der Waals surface area (Å²) in [6.45, 7) is 3.81. The lowest BCUT2D eigenvalue weighted by Crippen LogP contribution is -2.37. The van der Waals surface area contributed by atoms with Crippen molar-refractivity contribution in [2.45, 2.75) is 24.1 Å². The van der Waals surface area contributed by atoms with Crippen LogP contribution in [0.2, 0.25) is 0 Å². The molecule has 1 aromatic rings. The van der Waals surface area contributed by atoms with Gasteiger partial charge in [-0.05, 0) is 30.9 Å². The normalized spacial score (nSPS) is 14.2. The van der Waals surface area contributed by atoms with Gasteiger partial charge in [0.2, 0.25) is 0 Å². The SMILES string of the molecule is Cc1ccsc1S(=O)(=O)N[C@@H](C)CN. The van der Waals surface area contributed by atoms with Crippen LogP contribution < -0.4 is 10.5 Å². The zero-order valence-electron chi connectivity index (χ0n) is 8.15. The van der Waals surface area contributed by atoms with Gasteiger partial charge in [-0.15, -0.1) is 11.3 Å². The average molecular weight is 234 g/mol. The molecule has 0 amide bonds. The maximum absolute atomic E-state index is 11.7. The predicted octanol–water partition coefficient (Wildman–Crippen LogP) is 0.682. The van der Waals surface area contributed by atoms with E-state index in [4.69, 9.17) is 5.73 Å². The van der Waals surface area contributed by atoms with Crippen LogP contribution in [-0.4, -0.2) is 21.0 Å². The molecular formula is C8H14N2O2S2. The van der Waals surface area contributed by atoms with Gasteiger partial charge >= 0.3 is 0 Å². The summed E-state index contributed by atoms with van der Waals surface area (Å²) in [5.41, 5.74) is 6.12. The summed E-state index contributed by atoms with van der Waals surface area (Å²) in [4.78, 5) is 0. The van der Waals surface area contributed by atoms with Crippen molar-refractivity contribution in [3.8, 4) is 0 Å². The van der Waals surface area contributed by atoms with E-state index in [-0.39, 0.29) is 6.04 Å². The van der Waals surface area contributed by atoms with Gasteiger partial charge in [-0.25, -0.2) is 13.1 Å². The molecule has 1 atom stereocenters. The first-order chi connectivity index (χ1) is 6.47. The average Bonchev–Trinajstić information content (AvgIpc) is 2.51. The Hall–Kier alpha value is -0.430. The van der Waals surface area contributed by atoms with E-state index in [1.54, 1.807) is 25.3 Å². The number of rotatable bonds is 4. The summed E-state index contributed by atoms with van der Waals surface area (Å²) in [6.07, 6.45) is 0. The number of hydrogen-bond donors (Lipinski definition) is 2. The van der Waals surface area contributed by atoms with Crippen LogP contribution in [0.3, 0.4) is 0 Å². The molecule has 14 heavy (non-hydrogen) atoms. The summed E-state index contributed by atoms with van der Waals surface area (Å²) in [6, 6.07) is 1.55. The fourth-order valence-corrected chi connectivity index (χ4v) is 3.69. The van der Waals surface area contributed by atoms with Crippen LogP contribution in [0.4, 0.5) is 0 Å². The molecule has 0 spiro atoms. The summed E-state index contributed by atoms with van der Waals surface area (Å²) in [5, 5.41) is 1.76. The Labute approximate surface area is 88.2 Å². The molecule has 1 rings (SSSR count). The molecule has 4 nitrogen and oxygen atoms in total. The Morgan fingerprint density at radius 2 is 2.29 bits per heavy atom. The molecule has 0 saturated carbocycles. The van der Waals surface area contributed by atoms with Crippen molar-refractivity contribution in [3.63, 3.8) is 0 Å². The number of nitrogens with one attached hydrogen (secondary N) is 1. The van der Waals surface area contributed by atoms with Crippen LogP contribution in [0.5, 0.6) is 0 Å². The Morgan fingerprint density at radius 1 is 1.64 bits per heavy atom. The summed E-state index contributed by atoms with van der Waals surface area (Å²) in [5.74, 6) is 0. The Balaban J connectivity index is 2.92. The van der Waals surface area contributed by atoms with Crippen molar-refractivity contribution in [2.24, 2.45) is 5.73 Å². The molecule has 80 valence electrons. The Morgan fingerprint density at radius 3 is 2.71 bits per heavy atom. The molecule has 0 fully saturated rings. The largest absolute Gasteiger partial charge is 0.329 e. The second-order valence-electron chi connectivity index (χ2n) is 3.15. The van der Waals surface area contributed by atoms with Crippen LogP contribution in [0, 0.1) is 6.92 Å². The molecule has 1 aromatic heterocycles. The number of thiophene rings is 1. The molecule has 0 radical (unpaired) electrons. The third kappa shape index (κ3) is 2.54. The molecule has 1 heterocycles. The van der Waals surface area contributed by atoms with Gasteiger partial charge in [0, 0.05) is 12.6 Å². The summed E-state index contributed by atoms with van der Waals surface area (Å²) in [7, 11) is -3.37. The van der Waals surface area contributed by atoms with Gasteiger partial charge in [-0.2, -0.15) is 0 Å². The van der Waals surface area contributed by atoms with Crippen molar-refractivity contribution >= 4 is 21.4 Å². The Bertz CT molecular complexity index is 397. The zero-order chi connectivity index (χ0) is 10.8.